The second-order valence-electron chi connectivity index (χ2n) is 5.41. The van der Waals surface area contributed by atoms with E-state index in [2.05, 4.69) is 36.2 Å². The lowest BCUT2D eigenvalue weighted by atomic mass is 9.84. The number of nitrogen functional groups attached to an aromatic ring is 1. The molecule has 0 saturated heterocycles. The van der Waals surface area contributed by atoms with E-state index in [1.165, 1.54) is 48.1 Å². The Labute approximate surface area is 118 Å². The lowest BCUT2D eigenvalue weighted by Crippen LogP contribution is -2.04. The molecular formula is C16H20N2S. The van der Waals surface area contributed by atoms with Crippen LogP contribution in [0.15, 0.2) is 24.3 Å². The zero-order valence-corrected chi connectivity index (χ0v) is 12.2. The van der Waals surface area contributed by atoms with E-state index < -0.39 is 0 Å². The summed E-state index contributed by atoms with van der Waals surface area (Å²) in [7, 11) is 0. The van der Waals surface area contributed by atoms with Gasteiger partial charge in [0.2, 0.25) is 0 Å². The minimum atomic E-state index is 0.656. The molecule has 19 heavy (non-hydrogen) atoms. The summed E-state index contributed by atoms with van der Waals surface area (Å²) >= 11 is 1.56. The number of aryl methyl sites for hydroxylation is 1. The molecule has 2 aromatic rings. The predicted molar refractivity (Wildman–Crippen MR) is 82.5 cm³/mol. The first-order chi connectivity index (χ1) is 9.24. The van der Waals surface area contributed by atoms with Crippen LogP contribution >= 0.6 is 11.3 Å². The maximum Gasteiger partial charge on any atom is 0.180 e. The third-order valence-corrected chi connectivity index (χ3v) is 4.87. The quantitative estimate of drug-likeness (QED) is 0.857. The van der Waals surface area contributed by atoms with Gasteiger partial charge in [-0.3, -0.25) is 0 Å². The molecule has 0 aliphatic heterocycles. The van der Waals surface area contributed by atoms with Gasteiger partial charge in [0.05, 0.1) is 5.69 Å². The number of aromatic nitrogens is 1. The Balaban J connectivity index is 1.84. The Morgan fingerprint density at radius 3 is 2.37 bits per heavy atom. The summed E-state index contributed by atoms with van der Waals surface area (Å²) in [5.41, 5.74) is 9.49. The molecule has 1 heterocycles. The van der Waals surface area contributed by atoms with Crippen LogP contribution in [0.4, 0.5) is 5.13 Å². The second kappa shape index (κ2) is 5.33. The van der Waals surface area contributed by atoms with E-state index in [0.29, 0.717) is 5.13 Å². The van der Waals surface area contributed by atoms with Crippen molar-refractivity contribution >= 4 is 16.5 Å². The molecule has 2 nitrogen and oxygen atoms in total. The summed E-state index contributed by atoms with van der Waals surface area (Å²) in [4.78, 5) is 5.62. The first-order valence-corrected chi connectivity index (χ1v) is 7.89. The van der Waals surface area contributed by atoms with Crippen molar-refractivity contribution in [2.45, 2.75) is 44.9 Å². The van der Waals surface area contributed by atoms with Gasteiger partial charge >= 0.3 is 0 Å². The highest BCUT2D eigenvalue weighted by molar-refractivity contribution is 7.15. The topological polar surface area (TPSA) is 38.9 Å². The zero-order valence-electron chi connectivity index (χ0n) is 11.4. The van der Waals surface area contributed by atoms with Gasteiger partial charge < -0.3 is 5.73 Å². The fraction of sp³-hybridized carbons (Fsp3) is 0.438. The fourth-order valence-corrected chi connectivity index (χ4v) is 3.74. The van der Waals surface area contributed by atoms with E-state index in [0.717, 1.165) is 11.6 Å². The van der Waals surface area contributed by atoms with E-state index in [4.69, 9.17) is 5.73 Å². The van der Waals surface area contributed by atoms with Gasteiger partial charge in [-0.15, -0.1) is 11.3 Å². The van der Waals surface area contributed by atoms with Gasteiger partial charge in [-0.1, -0.05) is 43.5 Å². The first-order valence-electron chi connectivity index (χ1n) is 7.07. The smallest absolute Gasteiger partial charge is 0.180 e. The van der Waals surface area contributed by atoms with Gasteiger partial charge in [-0.05, 0) is 31.2 Å². The number of nitrogens with zero attached hydrogens (tertiary/aromatic N) is 1. The minimum absolute atomic E-state index is 0.656. The molecule has 1 aliphatic carbocycles. The van der Waals surface area contributed by atoms with E-state index in [9.17, 15) is 0 Å². The molecule has 0 atom stereocenters. The lowest BCUT2D eigenvalue weighted by molar-refractivity contribution is 0.443. The Hall–Kier alpha value is -1.35. The van der Waals surface area contributed by atoms with Crippen molar-refractivity contribution in [2.75, 3.05) is 5.73 Å². The largest absolute Gasteiger partial charge is 0.375 e. The molecule has 0 amide bonds. The summed E-state index contributed by atoms with van der Waals surface area (Å²) < 4.78 is 0. The molecule has 3 heteroatoms. The predicted octanol–water partition coefficient (Wildman–Crippen LogP) is 4.75. The average Bonchev–Trinajstić information content (AvgIpc) is 2.79. The molecule has 1 aliphatic rings. The maximum absolute atomic E-state index is 5.77. The lowest BCUT2D eigenvalue weighted by Gasteiger charge is -2.22. The number of anilines is 1. The first kappa shape index (κ1) is 12.7. The number of benzene rings is 1. The van der Waals surface area contributed by atoms with Crippen LogP contribution in [0.25, 0.3) is 11.3 Å². The van der Waals surface area contributed by atoms with Crippen molar-refractivity contribution in [1.82, 2.24) is 4.98 Å². The van der Waals surface area contributed by atoms with Crippen LogP contribution in [0, 0.1) is 6.92 Å². The highest BCUT2D eigenvalue weighted by Gasteiger charge is 2.15. The van der Waals surface area contributed by atoms with Crippen molar-refractivity contribution in [3.05, 3.63) is 34.7 Å². The van der Waals surface area contributed by atoms with Crippen molar-refractivity contribution in [3.63, 3.8) is 0 Å². The molecule has 0 unspecified atom stereocenters. The Bertz CT molecular complexity index is 551. The molecule has 0 bridgehead atoms. The molecule has 1 aromatic carbocycles. The fourth-order valence-electron chi connectivity index (χ4n) is 3.03. The van der Waals surface area contributed by atoms with E-state index in [1.54, 1.807) is 11.3 Å². The van der Waals surface area contributed by atoms with Crippen LogP contribution in [-0.4, -0.2) is 4.98 Å². The van der Waals surface area contributed by atoms with E-state index in [1.807, 2.05) is 0 Å². The van der Waals surface area contributed by atoms with Crippen molar-refractivity contribution in [3.8, 4) is 11.3 Å². The van der Waals surface area contributed by atoms with E-state index in [-0.39, 0.29) is 0 Å². The van der Waals surface area contributed by atoms with Crippen LogP contribution in [-0.2, 0) is 0 Å². The third-order valence-electron chi connectivity index (χ3n) is 4.07. The summed E-state index contributed by atoms with van der Waals surface area (Å²) in [5, 5.41) is 0.656. The average molecular weight is 272 g/mol. The van der Waals surface area contributed by atoms with Crippen LogP contribution < -0.4 is 5.73 Å². The van der Waals surface area contributed by atoms with Crippen molar-refractivity contribution in [1.29, 1.82) is 0 Å². The molecule has 2 N–H and O–H groups in total. The number of thiazole rings is 1. The number of hydrogen-bond acceptors (Lipinski definition) is 3. The second-order valence-corrected chi connectivity index (χ2v) is 6.65. The number of nitrogens with two attached hydrogens (primary N) is 1. The van der Waals surface area contributed by atoms with Crippen LogP contribution in [0.2, 0.25) is 0 Å². The third kappa shape index (κ3) is 2.66. The Morgan fingerprint density at radius 1 is 1.11 bits per heavy atom. The molecule has 1 aromatic heterocycles. The molecule has 3 rings (SSSR count). The maximum atomic E-state index is 5.77. The SMILES string of the molecule is Cc1sc(N)nc1-c1ccc(C2CCCCC2)cc1. The molecule has 100 valence electrons. The zero-order chi connectivity index (χ0) is 13.2. The monoisotopic (exact) mass is 272 g/mol. The van der Waals surface area contributed by atoms with Crippen LogP contribution in [0.1, 0.15) is 48.5 Å². The summed E-state index contributed by atoms with van der Waals surface area (Å²) in [6, 6.07) is 8.96. The molecule has 0 spiro atoms. The van der Waals surface area contributed by atoms with Crippen LogP contribution in [0.3, 0.4) is 0 Å². The molecule has 0 radical (unpaired) electrons. The van der Waals surface area contributed by atoms with Gasteiger partial charge in [0.15, 0.2) is 5.13 Å². The molecular weight excluding hydrogens is 252 g/mol. The standard InChI is InChI=1S/C16H20N2S/c1-11-15(18-16(17)19-11)14-9-7-13(8-10-14)12-5-3-2-4-6-12/h7-10,12H,2-6H2,1H3,(H2,17,18). The minimum Gasteiger partial charge on any atom is -0.375 e. The van der Waals surface area contributed by atoms with Gasteiger partial charge in [0, 0.05) is 10.4 Å². The van der Waals surface area contributed by atoms with Crippen LogP contribution in [0.5, 0.6) is 0 Å². The summed E-state index contributed by atoms with van der Waals surface area (Å²) in [6.07, 6.45) is 6.87. The van der Waals surface area contributed by atoms with Gasteiger partial charge in [-0.25, -0.2) is 4.98 Å². The summed E-state index contributed by atoms with van der Waals surface area (Å²) in [5.74, 6) is 0.768. The Morgan fingerprint density at radius 2 is 1.79 bits per heavy atom. The van der Waals surface area contributed by atoms with Crippen molar-refractivity contribution in [2.24, 2.45) is 0 Å². The van der Waals surface area contributed by atoms with Gasteiger partial charge in [-0.2, -0.15) is 0 Å². The Kier molecular flexibility index (Phi) is 3.56. The summed E-state index contributed by atoms with van der Waals surface area (Å²) in [6.45, 7) is 2.08. The van der Waals surface area contributed by atoms with Crippen molar-refractivity contribution < 1.29 is 0 Å². The highest BCUT2D eigenvalue weighted by Crippen LogP contribution is 2.34. The number of hydrogen-bond donors (Lipinski definition) is 1. The number of rotatable bonds is 2. The normalized spacial score (nSPS) is 16.7. The molecule has 1 fully saturated rings. The highest BCUT2D eigenvalue weighted by atomic mass is 32.1. The molecule has 1 saturated carbocycles. The van der Waals surface area contributed by atoms with Gasteiger partial charge in [0.1, 0.15) is 0 Å². The van der Waals surface area contributed by atoms with Gasteiger partial charge in [0.25, 0.3) is 0 Å². The van der Waals surface area contributed by atoms with E-state index >= 15 is 0 Å².